The Morgan fingerprint density at radius 3 is 2.81 bits per heavy atom. The monoisotopic (exact) mass is 313 g/mol. The van der Waals surface area contributed by atoms with Crippen LogP contribution in [-0.4, -0.2) is 46.0 Å². The van der Waals surface area contributed by atoms with E-state index >= 15 is 0 Å². The van der Waals surface area contributed by atoms with Crippen molar-refractivity contribution in [3.8, 4) is 0 Å². The highest BCUT2D eigenvalue weighted by atomic mass is 32.2. The normalized spacial score (nSPS) is 13.0. The van der Waals surface area contributed by atoms with Gasteiger partial charge in [-0.3, -0.25) is 10.1 Å². The van der Waals surface area contributed by atoms with E-state index in [1.54, 1.807) is 17.8 Å². The van der Waals surface area contributed by atoms with E-state index in [-0.39, 0.29) is 23.3 Å². The molecule has 21 heavy (non-hydrogen) atoms. The summed E-state index contributed by atoms with van der Waals surface area (Å²) in [4.78, 5) is 16.5. The van der Waals surface area contributed by atoms with Crippen molar-refractivity contribution in [1.29, 1.82) is 0 Å². The van der Waals surface area contributed by atoms with Crippen LogP contribution in [0.1, 0.15) is 19.0 Å². The van der Waals surface area contributed by atoms with Crippen LogP contribution >= 0.6 is 11.8 Å². The van der Waals surface area contributed by atoms with Crippen molar-refractivity contribution >= 4 is 29.1 Å². The van der Waals surface area contributed by atoms with Gasteiger partial charge in [0.25, 0.3) is 5.69 Å². The Balaban J connectivity index is 3.24. The largest absolute Gasteiger partial charge is 0.409 e. The predicted molar refractivity (Wildman–Crippen MR) is 84.3 cm³/mol. The van der Waals surface area contributed by atoms with Gasteiger partial charge >= 0.3 is 0 Å². The van der Waals surface area contributed by atoms with Gasteiger partial charge in [-0.2, -0.15) is 11.8 Å². The van der Waals surface area contributed by atoms with Crippen LogP contribution in [0.2, 0.25) is 0 Å². The fourth-order valence-corrected chi connectivity index (χ4v) is 2.75. The van der Waals surface area contributed by atoms with Gasteiger partial charge in [-0.15, -0.1) is 0 Å². The molecule has 0 aliphatic carbocycles. The Hall–Kier alpha value is -2.03. The van der Waals surface area contributed by atoms with Gasteiger partial charge in [-0.25, -0.2) is 4.98 Å². The summed E-state index contributed by atoms with van der Waals surface area (Å²) < 4.78 is 0. The van der Waals surface area contributed by atoms with E-state index in [9.17, 15) is 10.1 Å². The third-order valence-corrected chi connectivity index (χ3v) is 3.86. The summed E-state index contributed by atoms with van der Waals surface area (Å²) in [5, 5.41) is 22.5. The molecule has 1 aromatic heterocycles. The number of anilines is 1. The highest BCUT2D eigenvalue weighted by Crippen LogP contribution is 2.23. The van der Waals surface area contributed by atoms with Crippen LogP contribution in [0.25, 0.3) is 0 Å². The van der Waals surface area contributed by atoms with Crippen molar-refractivity contribution < 1.29 is 10.1 Å². The molecule has 0 fully saturated rings. The molecule has 0 saturated carbocycles. The van der Waals surface area contributed by atoms with E-state index in [2.05, 4.69) is 17.1 Å². The molecule has 0 amide bonds. The number of oxime groups is 1. The molecule has 0 bridgehead atoms. The lowest BCUT2D eigenvalue weighted by molar-refractivity contribution is -0.385. The number of hydrogen-bond acceptors (Lipinski definition) is 7. The minimum atomic E-state index is -0.608. The molecule has 1 rings (SSSR count). The van der Waals surface area contributed by atoms with E-state index in [1.165, 1.54) is 6.07 Å². The third kappa shape index (κ3) is 3.97. The molecular formula is C12H19N5O3S. The summed E-state index contributed by atoms with van der Waals surface area (Å²) in [5.74, 6) is 1.07. The van der Waals surface area contributed by atoms with Gasteiger partial charge in [0.05, 0.1) is 4.92 Å². The Morgan fingerprint density at radius 1 is 1.67 bits per heavy atom. The van der Waals surface area contributed by atoms with E-state index < -0.39 is 4.92 Å². The van der Waals surface area contributed by atoms with Gasteiger partial charge in [0.2, 0.25) is 0 Å². The second-order valence-electron chi connectivity index (χ2n) is 4.41. The smallest absolute Gasteiger partial charge is 0.298 e. The summed E-state index contributed by atoms with van der Waals surface area (Å²) in [5.41, 5.74) is 5.05. The van der Waals surface area contributed by atoms with Crippen LogP contribution in [0.5, 0.6) is 0 Å². The molecule has 0 aromatic carbocycles. The summed E-state index contributed by atoms with van der Waals surface area (Å²) in [6.07, 6.45) is 2.93. The first-order valence-corrected chi connectivity index (χ1v) is 7.70. The average Bonchev–Trinajstić information content (AvgIpc) is 2.50. The van der Waals surface area contributed by atoms with E-state index in [4.69, 9.17) is 10.9 Å². The summed E-state index contributed by atoms with van der Waals surface area (Å²) in [6.45, 7) is 2.06. The lowest BCUT2D eigenvalue weighted by Crippen LogP contribution is -2.34. The predicted octanol–water partition coefficient (Wildman–Crippen LogP) is 1.66. The first kappa shape index (κ1) is 17.0. The van der Waals surface area contributed by atoms with Crippen molar-refractivity contribution in [2.45, 2.75) is 19.4 Å². The number of pyridine rings is 1. The molecule has 1 atom stereocenters. The van der Waals surface area contributed by atoms with Crippen LogP contribution in [0.15, 0.2) is 17.3 Å². The number of nitrogens with two attached hydrogens (primary N) is 1. The quantitative estimate of drug-likeness (QED) is 0.258. The number of thioether (sulfide) groups is 1. The zero-order chi connectivity index (χ0) is 16.0. The minimum Gasteiger partial charge on any atom is -0.409 e. The molecule has 8 nitrogen and oxygen atoms in total. The van der Waals surface area contributed by atoms with Crippen LogP contribution < -0.4 is 10.6 Å². The van der Waals surface area contributed by atoms with Crippen molar-refractivity contribution in [1.82, 2.24) is 4.98 Å². The fourth-order valence-electron chi connectivity index (χ4n) is 1.90. The average molecular weight is 313 g/mol. The highest BCUT2D eigenvalue weighted by Gasteiger charge is 2.22. The molecule has 1 heterocycles. The summed E-state index contributed by atoms with van der Waals surface area (Å²) >= 11 is 1.71. The number of nitrogens with zero attached hydrogens (tertiary/aromatic N) is 4. The van der Waals surface area contributed by atoms with E-state index in [0.29, 0.717) is 5.82 Å². The molecule has 116 valence electrons. The lowest BCUT2D eigenvalue weighted by atomic mass is 10.2. The van der Waals surface area contributed by atoms with Gasteiger partial charge in [0.1, 0.15) is 5.82 Å². The van der Waals surface area contributed by atoms with Crippen molar-refractivity contribution in [2.75, 3.05) is 24.0 Å². The Bertz CT molecular complexity index is 538. The second kappa shape index (κ2) is 7.67. The fraction of sp³-hybridized carbons (Fsp3) is 0.500. The standard InChI is InChI=1S/C12H19N5O3S/c1-4-8(7-21-3)16(2)10-6-5-9(17(19)20)11(14-10)12(13)15-18/h5-6,8,18H,4,7H2,1-3H3,(H2,13,15). The first-order chi connectivity index (χ1) is 9.96. The van der Waals surface area contributed by atoms with Crippen LogP contribution in [0, 0.1) is 10.1 Å². The first-order valence-electron chi connectivity index (χ1n) is 6.31. The number of hydrogen-bond donors (Lipinski definition) is 2. The van der Waals surface area contributed by atoms with Gasteiger partial charge in [-0.05, 0) is 18.7 Å². The topological polar surface area (TPSA) is 118 Å². The summed E-state index contributed by atoms with van der Waals surface area (Å²) in [6, 6.07) is 3.13. The molecule has 0 saturated heterocycles. The zero-order valence-electron chi connectivity index (χ0n) is 12.2. The Morgan fingerprint density at radius 2 is 2.33 bits per heavy atom. The molecule has 3 N–H and O–H groups in total. The molecule has 0 radical (unpaired) electrons. The van der Waals surface area contributed by atoms with E-state index in [1.807, 2.05) is 18.2 Å². The van der Waals surface area contributed by atoms with Gasteiger partial charge < -0.3 is 15.8 Å². The molecule has 1 unspecified atom stereocenters. The van der Waals surface area contributed by atoms with Crippen LogP contribution in [-0.2, 0) is 0 Å². The van der Waals surface area contributed by atoms with Crippen LogP contribution in [0.4, 0.5) is 11.5 Å². The van der Waals surface area contributed by atoms with Crippen molar-refractivity contribution in [3.05, 3.63) is 27.9 Å². The molecule has 9 heteroatoms. The number of amidine groups is 1. The number of nitro groups is 1. The molecular weight excluding hydrogens is 294 g/mol. The van der Waals surface area contributed by atoms with Crippen molar-refractivity contribution in [2.24, 2.45) is 10.9 Å². The minimum absolute atomic E-state index is 0.133. The maximum Gasteiger partial charge on any atom is 0.298 e. The molecule has 0 aliphatic heterocycles. The van der Waals surface area contributed by atoms with Crippen molar-refractivity contribution in [3.63, 3.8) is 0 Å². The maximum absolute atomic E-state index is 11.0. The Labute approximate surface area is 127 Å². The Kier molecular flexibility index (Phi) is 6.22. The third-order valence-electron chi connectivity index (χ3n) is 3.15. The SMILES string of the molecule is CCC(CSC)N(C)c1ccc([N+](=O)[O-])c(/C(N)=N/O)n1. The number of rotatable bonds is 7. The lowest BCUT2D eigenvalue weighted by Gasteiger charge is -2.27. The summed E-state index contributed by atoms with van der Waals surface area (Å²) in [7, 11) is 1.87. The molecule has 0 spiro atoms. The second-order valence-corrected chi connectivity index (χ2v) is 5.32. The molecule has 1 aromatic rings. The van der Waals surface area contributed by atoms with Gasteiger partial charge in [-0.1, -0.05) is 12.1 Å². The van der Waals surface area contributed by atoms with E-state index in [0.717, 1.165) is 12.2 Å². The zero-order valence-corrected chi connectivity index (χ0v) is 13.0. The highest BCUT2D eigenvalue weighted by molar-refractivity contribution is 7.98. The molecule has 0 aliphatic rings. The number of aromatic nitrogens is 1. The van der Waals surface area contributed by atoms with Gasteiger partial charge in [0, 0.05) is 24.9 Å². The van der Waals surface area contributed by atoms with Crippen LogP contribution in [0.3, 0.4) is 0 Å². The van der Waals surface area contributed by atoms with Gasteiger partial charge in [0.15, 0.2) is 11.5 Å². The maximum atomic E-state index is 11.0.